The van der Waals surface area contributed by atoms with Gasteiger partial charge in [0, 0.05) is 28.9 Å². The second kappa shape index (κ2) is 6.26. The minimum atomic E-state index is -0.179. The average Bonchev–Trinajstić information content (AvgIpc) is 2.93. The van der Waals surface area contributed by atoms with Gasteiger partial charge in [-0.05, 0) is 49.4 Å². The molecule has 0 saturated heterocycles. The van der Waals surface area contributed by atoms with E-state index in [1.165, 1.54) is 19.3 Å². The molecule has 4 rings (SSSR count). The van der Waals surface area contributed by atoms with E-state index in [0.29, 0.717) is 10.7 Å². The van der Waals surface area contributed by atoms with Crippen LogP contribution in [0, 0.1) is 12.8 Å². The highest BCUT2D eigenvalue weighted by Gasteiger charge is 2.19. The minimum absolute atomic E-state index is 0.179. The summed E-state index contributed by atoms with van der Waals surface area (Å²) in [6.07, 6.45) is 7.54. The topological polar surface area (TPSA) is 52.2 Å². The van der Waals surface area contributed by atoms with Crippen molar-refractivity contribution in [1.29, 1.82) is 0 Å². The number of hydrogen-bond donors (Lipinski definition) is 0. The van der Waals surface area contributed by atoms with Gasteiger partial charge in [0.05, 0.1) is 0 Å². The van der Waals surface area contributed by atoms with E-state index in [9.17, 15) is 4.79 Å². The van der Waals surface area contributed by atoms with Crippen LogP contribution in [0.15, 0.2) is 40.5 Å². The van der Waals surface area contributed by atoms with Crippen LogP contribution in [0.2, 0.25) is 5.02 Å². The zero-order valence-electron chi connectivity index (χ0n) is 13.3. The summed E-state index contributed by atoms with van der Waals surface area (Å²) < 4.78 is 3.36. The van der Waals surface area contributed by atoms with Gasteiger partial charge < -0.3 is 0 Å². The lowest BCUT2D eigenvalue weighted by Crippen LogP contribution is -2.20. The second-order valence-electron chi connectivity index (χ2n) is 6.19. The average molecular weight is 361 g/mol. The van der Waals surface area contributed by atoms with Crippen LogP contribution < -0.4 is 5.56 Å². The van der Waals surface area contributed by atoms with Crippen LogP contribution in [0.4, 0.5) is 0 Å². The van der Waals surface area contributed by atoms with Gasteiger partial charge in [-0.25, -0.2) is 0 Å². The molecule has 7 heteroatoms. The molecule has 5 nitrogen and oxygen atoms in total. The summed E-state index contributed by atoms with van der Waals surface area (Å²) in [5.74, 6) is 1.82. The van der Waals surface area contributed by atoms with E-state index < -0.39 is 0 Å². The Morgan fingerprint density at radius 1 is 1.29 bits per heavy atom. The lowest BCUT2D eigenvalue weighted by molar-refractivity contribution is 0.353. The van der Waals surface area contributed by atoms with Gasteiger partial charge in [-0.15, -0.1) is 10.2 Å². The van der Waals surface area contributed by atoms with E-state index in [0.717, 1.165) is 28.1 Å². The van der Waals surface area contributed by atoms with Crippen molar-refractivity contribution in [3.05, 3.63) is 51.5 Å². The molecule has 124 valence electrons. The van der Waals surface area contributed by atoms with Gasteiger partial charge in [0.25, 0.3) is 0 Å². The van der Waals surface area contributed by atoms with E-state index in [2.05, 4.69) is 10.2 Å². The van der Waals surface area contributed by atoms with Crippen LogP contribution in [-0.4, -0.2) is 24.9 Å². The van der Waals surface area contributed by atoms with Crippen LogP contribution in [0.25, 0.3) is 11.3 Å². The molecule has 0 atom stereocenters. The SMILES string of the molecule is Cc1cc(-n2ccn3c(SCC4CCC4)nnc3c2=O)ccc1Cl. The van der Waals surface area contributed by atoms with Gasteiger partial charge in [0.2, 0.25) is 5.65 Å². The lowest BCUT2D eigenvalue weighted by Gasteiger charge is -2.24. The van der Waals surface area contributed by atoms with E-state index in [1.807, 2.05) is 25.3 Å². The third kappa shape index (κ3) is 2.74. The van der Waals surface area contributed by atoms with E-state index in [-0.39, 0.29) is 5.56 Å². The number of aryl methyl sites for hydroxylation is 1. The van der Waals surface area contributed by atoms with Crippen molar-refractivity contribution in [2.24, 2.45) is 5.92 Å². The quantitative estimate of drug-likeness (QED) is 0.665. The van der Waals surface area contributed by atoms with Crippen molar-refractivity contribution in [2.75, 3.05) is 5.75 Å². The van der Waals surface area contributed by atoms with Crippen molar-refractivity contribution in [3.8, 4) is 5.69 Å². The maximum Gasteiger partial charge on any atom is 0.300 e. The maximum absolute atomic E-state index is 12.7. The molecule has 1 fully saturated rings. The third-order valence-electron chi connectivity index (χ3n) is 4.53. The Bertz CT molecular complexity index is 961. The summed E-state index contributed by atoms with van der Waals surface area (Å²) >= 11 is 7.75. The Balaban J connectivity index is 1.70. The molecule has 1 aromatic carbocycles. The number of halogens is 1. The molecule has 0 unspecified atom stereocenters. The summed E-state index contributed by atoms with van der Waals surface area (Å²) in [4.78, 5) is 12.7. The predicted octanol–water partition coefficient (Wildman–Crippen LogP) is 3.73. The molecule has 1 saturated carbocycles. The maximum atomic E-state index is 12.7. The zero-order chi connectivity index (χ0) is 16.7. The van der Waals surface area contributed by atoms with Crippen LogP contribution in [0.5, 0.6) is 0 Å². The van der Waals surface area contributed by atoms with Crippen molar-refractivity contribution in [1.82, 2.24) is 19.2 Å². The van der Waals surface area contributed by atoms with E-state index >= 15 is 0 Å². The first kappa shape index (κ1) is 15.7. The van der Waals surface area contributed by atoms with Gasteiger partial charge in [0.1, 0.15) is 0 Å². The highest BCUT2D eigenvalue weighted by atomic mass is 35.5. The molecular formula is C17H17ClN4OS. The number of fused-ring (bicyclic) bond motifs is 1. The molecule has 0 N–H and O–H groups in total. The molecule has 0 amide bonds. The van der Waals surface area contributed by atoms with Gasteiger partial charge in [-0.1, -0.05) is 29.8 Å². The molecule has 1 aliphatic carbocycles. The van der Waals surface area contributed by atoms with Crippen LogP contribution in [-0.2, 0) is 0 Å². The van der Waals surface area contributed by atoms with Crippen molar-refractivity contribution in [2.45, 2.75) is 31.3 Å². The molecule has 24 heavy (non-hydrogen) atoms. The van der Waals surface area contributed by atoms with Crippen LogP contribution in [0.1, 0.15) is 24.8 Å². The number of aromatic nitrogens is 4. The van der Waals surface area contributed by atoms with Crippen molar-refractivity contribution >= 4 is 29.0 Å². The number of rotatable bonds is 4. The Morgan fingerprint density at radius 2 is 2.12 bits per heavy atom. The molecule has 3 aromatic rings. The first-order chi connectivity index (χ1) is 11.6. The first-order valence-corrected chi connectivity index (χ1v) is 9.35. The molecule has 0 spiro atoms. The molecule has 2 heterocycles. The Morgan fingerprint density at radius 3 is 2.83 bits per heavy atom. The smallest absolute Gasteiger partial charge is 0.280 e. The molecule has 2 aromatic heterocycles. The van der Waals surface area contributed by atoms with Crippen LogP contribution in [0.3, 0.4) is 0 Å². The highest BCUT2D eigenvalue weighted by molar-refractivity contribution is 7.99. The normalized spacial score (nSPS) is 14.9. The number of benzene rings is 1. The second-order valence-corrected chi connectivity index (χ2v) is 7.59. The first-order valence-electron chi connectivity index (χ1n) is 7.99. The standard InChI is InChI=1S/C17H17ClN4OS/c1-11-9-13(5-6-14(11)18)21-7-8-22-15(16(21)23)19-20-17(22)24-10-12-3-2-4-12/h5-9,12H,2-4,10H2,1H3. The Hall–Kier alpha value is -1.79. The molecular weight excluding hydrogens is 344 g/mol. The summed E-state index contributed by atoms with van der Waals surface area (Å²) in [5.41, 5.74) is 1.87. The van der Waals surface area contributed by atoms with Gasteiger partial charge in [0.15, 0.2) is 5.16 Å². The summed E-state index contributed by atoms with van der Waals surface area (Å²) in [5, 5.41) is 9.76. The summed E-state index contributed by atoms with van der Waals surface area (Å²) in [6, 6.07) is 5.52. The molecule has 0 bridgehead atoms. The van der Waals surface area contributed by atoms with Crippen molar-refractivity contribution < 1.29 is 0 Å². The van der Waals surface area contributed by atoms with E-state index in [1.54, 1.807) is 33.0 Å². The zero-order valence-corrected chi connectivity index (χ0v) is 14.8. The minimum Gasteiger partial charge on any atom is -0.280 e. The van der Waals surface area contributed by atoms with Gasteiger partial charge in [-0.2, -0.15) is 0 Å². The molecule has 1 aliphatic rings. The van der Waals surface area contributed by atoms with Gasteiger partial charge >= 0.3 is 5.56 Å². The Kier molecular flexibility index (Phi) is 4.10. The molecule has 0 aliphatic heterocycles. The van der Waals surface area contributed by atoms with E-state index in [4.69, 9.17) is 11.6 Å². The predicted molar refractivity (Wildman–Crippen MR) is 96.4 cm³/mol. The largest absolute Gasteiger partial charge is 0.300 e. The monoisotopic (exact) mass is 360 g/mol. The lowest BCUT2D eigenvalue weighted by atomic mass is 9.87. The molecule has 0 radical (unpaired) electrons. The highest BCUT2D eigenvalue weighted by Crippen LogP contribution is 2.31. The fourth-order valence-electron chi connectivity index (χ4n) is 2.80. The van der Waals surface area contributed by atoms with Crippen molar-refractivity contribution in [3.63, 3.8) is 0 Å². The fraction of sp³-hybridized carbons (Fsp3) is 0.353. The number of hydrogen-bond acceptors (Lipinski definition) is 4. The summed E-state index contributed by atoms with van der Waals surface area (Å²) in [7, 11) is 0. The number of nitrogens with zero attached hydrogens (tertiary/aromatic N) is 4. The fourth-order valence-corrected chi connectivity index (χ4v) is 4.02. The summed E-state index contributed by atoms with van der Waals surface area (Å²) in [6.45, 7) is 1.92. The number of thioether (sulfide) groups is 1. The Labute approximate surface area is 148 Å². The van der Waals surface area contributed by atoms with Crippen LogP contribution >= 0.6 is 23.4 Å². The third-order valence-corrected chi connectivity index (χ3v) is 6.13. The van der Waals surface area contributed by atoms with Gasteiger partial charge in [-0.3, -0.25) is 13.8 Å².